The molecule has 1 aliphatic carbocycles. The van der Waals surface area contributed by atoms with Gasteiger partial charge in [0.15, 0.2) is 5.96 Å². The van der Waals surface area contributed by atoms with E-state index in [9.17, 15) is 4.79 Å². The number of methoxy groups -OCH3 is 1. The van der Waals surface area contributed by atoms with Gasteiger partial charge in [-0.05, 0) is 31.6 Å². The predicted octanol–water partition coefficient (Wildman–Crippen LogP) is 1.88. The second-order valence-corrected chi connectivity index (χ2v) is 6.35. The molecule has 1 saturated carbocycles. The molecule has 0 spiro atoms. The number of esters is 1. The summed E-state index contributed by atoms with van der Waals surface area (Å²) in [5.74, 6) is 1.94. The summed E-state index contributed by atoms with van der Waals surface area (Å²) in [6.45, 7) is 8.75. The number of hydrogen-bond acceptors (Lipinski definition) is 3. The molecule has 1 N–H and O–H groups in total. The zero-order chi connectivity index (χ0) is 15.4. The van der Waals surface area contributed by atoms with Crippen molar-refractivity contribution in [2.24, 2.45) is 22.7 Å². The van der Waals surface area contributed by atoms with Crippen LogP contribution >= 0.6 is 0 Å². The van der Waals surface area contributed by atoms with Gasteiger partial charge in [-0.2, -0.15) is 0 Å². The lowest BCUT2D eigenvalue weighted by molar-refractivity contribution is -0.145. The molecular weight excluding hydrogens is 266 g/mol. The quantitative estimate of drug-likeness (QED) is 0.478. The number of guanidine groups is 1. The molecule has 2 rings (SSSR count). The molecule has 0 radical (unpaired) electrons. The van der Waals surface area contributed by atoms with Gasteiger partial charge in [-0.3, -0.25) is 9.79 Å². The molecule has 0 aromatic carbocycles. The first-order valence-corrected chi connectivity index (χ1v) is 8.24. The highest BCUT2D eigenvalue weighted by molar-refractivity contribution is 5.82. The Kier molecular flexibility index (Phi) is 5.48. The fourth-order valence-electron chi connectivity index (χ4n) is 3.26. The van der Waals surface area contributed by atoms with Gasteiger partial charge in [0.1, 0.15) is 0 Å². The van der Waals surface area contributed by atoms with Gasteiger partial charge in [-0.1, -0.05) is 20.3 Å². The summed E-state index contributed by atoms with van der Waals surface area (Å²) in [4.78, 5) is 18.6. The molecule has 1 saturated heterocycles. The summed E-state index contributed by atoms with van der Waals surface area (Å²) < 4.78 is 4.91. The Bertz CT molecular complexity index is 397. The summed E-state index contributed by atoms with van der Waals surface area (Å²) >= 11 is 0. The zero-order valence-electron chi connectivity index (χ0n) is 13.8. The number of carbonyl (C=O) groups is 1. The van der Waals surface area contributed by atoms with E-state index in [1.807, 2.05) is 0 Å². The molecule has 120 valence electrons. The van der Waals surface area contributed by atoms with E-state index in [2.05, 4.69) is 36.0 Å². The molecule has 1 aliphatic heterocycles. The first kappa shape index (κ1) is 16.1. The fourth-order valence-corrected chi connectivity index (χ4v) is 3.26. The van der Waals surface area contributed by atoms with Gasteiger partial charge in [0.25, 0.3) is 0 Å². The van der Waals surface area contributed by atoms with Crippen LogP contribution in [0.4, 0.5) is 0 Å². The largest absolute Gasteiger partial charge is 0.469 e. The molecule has 2 aliphatic rings. The molecule has 0 bridgehead atoms. The Morgan fingerprint density at radius 3 is 2.76 bits per heavy atom. The summed E-state index contributed by atoms with van der Waals surface area (Å²) in [5, 5.41) is 3.59. The predicted molar refractivity (Wildman–Crippen MR) is 84.2 cm³/mol. The third-order valence-corrected chi connectivity index (χ3v) is 4.62. The van der Waals surface area contributed by atoms with Crippen LogP contribution in [0.2, 0.25) is 0 Å². The molecule has 0 aromatic rings. The lowest BCUT2D eigenvalue weighted by atomic mass is 9.99. The molecule has 0 aromatic heterocycles. The smallest absolute Gasteiger partial charge is 0.310 e. The maximum atomic E-state index is 11.8. The Balaban J connectivity index is 1.94. The number of aliphatic imine (C=N–C) groups is 1. The highest BCUT2D eigenvalue weighted by Crippen LogP contribution is 2.35. The van der Waals surface area contributed by atoms with Crippen molar-refractivity contribution < 1.29 is 9.53 Å². The molecule has 1 heterocycles. The Morgan fingerprint density at radius 1 is 1.38 bits per heavy atom. The van der Waals surface area contributed by atoms with Gasteiger partial charge in [0, 0.05) is 25.7 Å². The Hall–Kier alpha value is -1.26. The zero-order valence-corrected chi connectivity index (χ0v) is 13.8. The van der Waals surface area contributed by atoms with E-state index in [1.54, 1.807) is 0 Å². The van der Waals surface area contributed by atoms with Crippen LogP contribution in [-0.2, 0) is 9.53 Å². The lowest BCUT2D eigenvalue weighted by Gasteiger charge is -2.22. The number of likely N-dealkylation sites (tertiary alicyclic amines) is 1. The average molecular weight is 295 g/mol. The lowest BCUT2D eigenvalue weighted by Crippen LogP contribution is -2.42. The van der Waals surface area contributed by atoms with Gasteiger partial charge in [-0.15, -0.1) is 0 Å². The third-order valence-electron chi connectivity index (χ3n) is 4.62. The number of nitrogens with one attached hydrogen (secondary N) is 1. The number of hydrogen-bond donors (Lipinski definition) is 1. The second kappa shape index (κ2) is 7.14. The molecule has 0 amide bonds. The van der Waals surface area contributed by atoms with E-state index in [4.69, 9.17) is 4.74 Å². The molecule has 5 nitrogen and oxygen atoms in total. The minimum atomic E-state index is -0.101. The SMILES string of the molecule is CCCC1CC1NC(=NCC)N1CC(C)C(C(=O)OC)C1. The van der Waals surface area contributed by atoms with E-state index >= 15 is 0 Å². The summed E-state index contributed by atoms with van der Waals surface area (Å²) in [6.07, 6.45) is 3.78. The van der Waals surface area contributed by atoms with Gasteiger partial charge in [0.05, 0.1) is 13.0 Å². The van der Waals surface area contributed by atoms with E-state index in [-0.39, 0.29) is 11.9 Å². The summed E-state index contributed by atoms with van der Waals surface area (Å²) in [6, 6.07) is 0.572. The molecular formula is C16H29N3O2. The van der Waals surface area contributed by atoms with E-state index in [1.165, 1.54) is 26.4 Å². The standard InChI is InChI=1S/C16H29N3O2/c1-5-7-12-8-14(12)18-16(17-6-2)19-9-11(3)13(10-19)15(20)21-4/h11-14H,5-10H2,1-4H3,(H,17,18). The van der Waals surface area contributed by atoms with Gasteiger partial charge < -0.3 is 15.0 Å². The van der Waals surface area contributed by atoms with Crippen molar-refractivity contribution in [1.82, 2.24) is 10.2 Å². The number of rotatable bonds is 5. The van der Waals surface area contributed by atoms with Crippen molar-refractivity contribution in [2.45, 2.75) is 46.1 Å². The van der Waals surface area contributed by atoms with Crippen LogP contribution in [0.1, 0.15) is 40.0 Å². The number of carbonyl (C=O) groups excluding carboxylic acids is 1. The minimum absolute atomic E-state index is 0.0375. The van der Waals surface area contributed by atoms with Gasteiger partial charge in [0.2, 0.25) is 0 Å². The highest BCUT2D eigenvalue weighted by Gasteiger charge is 2.40. The third kappa shape index (κ3) is 3.89. The molecule has 21 heavy (non-hydrogen) atoms. The van der Waals surface area contributed by atoms with Crippen molar-refractivity contribution in [1.29, 1.82) is 0 Å². The van der Waals surface area contributed by atoms with E-state index in [0.29, 0.717) is 18.5 Å². The van der Waals surface area contributed by atoms with Crippen LogP contribution in [-0.4, -0.2) is 49.6 Å². The number of nitrogens with zero attached hydrogens (tertiary/aromatic N) is 2. The van der Waals surface area contributed by atoms with Gasteiger partial charge >= 0.3 is 5.97 Å². The number of ether oxygens (including phenoxy) is 1. The van der Waals surface area contributed by atoms with Crippen LogP contribution in [0.15, 0.2) is 4.99 Å². The first-order chi connectivity index (χ1) is 10.1. The van der Waals surface area contributed by atoms with Crippen LogP contribution in [0.5, 0.6) is 0 Å². The summed E-state index contributed by atoms with van der Waals surface area (Å²) in [7, 11) is 1.47. The van der Waals surface area contributed by atoms with E-state index in [0.717, 1.165) is 25.0 Å². The van der Waals surface area contributed by atoms with Crippen LogP contribution in [0.3, 0.4) is 0 Å². The Labute approximate surface area is 128 Å². The Morgan fingerprint density at radius 2 is 2.14 bits per heavy atom. The van der Waals surface area contributed by atoms with Crippen molar-refractivity contribution in [3.63, 3.8) is 0 Å². The van der Waals surface area contributed by atoms with Crippen molar-refractivity contribution in [3.05, 3.63) is 0 Å². The molecule has 2 fully saturated rings. The molecule has 4 atom stereocenters. The van der Waals surface area contributed by atoms with Crippen molar-refractivity contribution >= 4 is 11.9 Å². The second-order valence-electron chi connectivity index (χ2n) is 6.35. The van der Waals surface area contributed by atoms with Crippen molar-refractivity contribution in [3.8, 4) is 0 Å². The maximum Gasteiger partial charge on any atom is 0.310 e. The average Bonchev–Trinajstić information content (AvgIpc) is 3.07. The summed E-state index contributed by atoms with van der Waals surface area (Å²) in [5.41, 5.74) is 0. The van der Waals surface area contributed by atoms with Crippen LogP contribution in [0.25, 0.3) is 0 Å². The normalized spacial score (nSPS) is 32.2. The molecule has 5 heteroatoms. The van der Waals surface area contributed by atoms with Gasteiger partial charge in [-0.25, -0.2) is 0 Å². The molecule has 4 unspecified atom stereocenters. The monoisotopic (exact) mass is 295 g/mol. The first-order valence-electron chi connectivity index (χ1n) is 8.24. The van der Waals surface area contributed by atoms with Crippen molar-refractivity contribution in [2.75, 3.05) is 26.7 Å². The maximum absolute atomic E-state index is 11.8. The fraction of sp³-hybridized carbons (Fsp3) is 0.875. The minimum Gasteiger partial charge on any atom is -0.469 e. The highest BCUT2D eigenvalue weighted by atomic mass is 16.5. The topological polar surface area (TPSA) is 53.9 Å². The van der Waals surface area contributed by atoms with E-state index < -0.39 is 0 Å². The van der Waals surface area contributed by atoms with Crippen LogP contribution in [0, 0.1) is 17.8 Å². The van der Waals surface area contributed by atoms with Crippen LogP contribution < -0.4 is 5.32 Å².